The zero-order chi connectivity index (χ0) is 15.6. The van der Waals surface area contributed by atoms with E-state index in [1.54, 1.807) is 11.8 Å². The van der Waals surface area contributed by atoms with Crippen LogP contribution in [0.5, 0.6) is 0 Å². The molecule has 0 amide bonds. The highest BCUT2D eigenvalue weighted by atomic mass is 32.2. The first-order chi connectivity index (χ1) is 11.3. The third kappa shape index (κ3) is 3.00. The molecule has 5 nitrogen and oxygen atoms in total. The molecule has 0 unspecified atom stereocenters. The maximum Gasteiger partial charge on any atom is 0.193 e. The molecule has 6 heteroatoms. The fraction of sp³-hybridized carbons (Fsp3) is 0.235. The van der Waals surface area contributed by atoms with Crippen molar-refractivity contribution in [2.45, 2.75) is 25.3 Å². The Morgan fingerprint density at radius 3 is 2.74 bits per heavy atom. The van der Waals surface area contributed by atoms with Crippen molar-refractivity contribution in [1.29, 1.82) is 0 Å². The zero-order valence-electron chi connectivity index (χ0n) is 12.9. The van der Waals surface area contributed by atoms with Crippen molar-refractivity contribution >= 4 is 11.8 Å². The standard InChI is InChI=1S/C17H17N5S/c1-13-5-7-14(8-6-13)16-19-20-17-22(16)11-21(12-23-17)10-15-4-2-3-9-18-15/h2-9H,10-12H2,1H3. The summed E-state index contributed by atoms with van der Waals surface area (Å²) < 4.78 is 2.18. The Labute approximate surface area is 139 Å². The normalized spacial score (nSPS) is 14.7. The number of aryl methyl sites for hydroxylation is 1. The van der Waals surface area contributed by atoms with E-state index in [4.69, 9.17) is 0 Å². The van der Waals surface area contributed by atoms with Crippen molar-refractivity contribution in [2.75, 3.05) is 5.88 Å². The lowest BCUT2D eigenvalue weighted by Crippen LogP contribution is -2.30. The molecule has 3 aromatic rings. The van der Waals surface area contributed by atoms with E-state index in [-0.39, 0.29) is 0 Å². The Kier molecular flexibility index (Phi) is 3.85. The quantitative estimate of drug-likeness (QED) is 0.741. The first-order valence-electron chi connectivity index (χ1n) is 7.55. The third-order valence-electron chi connectivity index (χ3n) is 3.86. The van der Waals surface area contributed by atoms with Crippen LogP contribution in [0, 0.1) is 6.92 Å². The molecule has 1 aliphatic rings. The van der Waals surface area contributed by atoms with Crippen LogP contribution in [0.25, 0.3) is 11.4 Å². The summed E-state index contributed by atoms with van der Waals surface area (Å²) in [6.45, 7) is 3.71. The third-order valence-corrected chi connectivity index (χ3v) is 4.91. The van der Waals surface area contributed by atoms with Crippen molar-refractivity contribution < 1.29 is 0 Å². The molecule has 0 bridgehead atoms. The minimum atomic E-state index is 0.787. The van der Waals surface area contributed by atoms with Crippen LogP contribution in [0.3, 0.4) is 0 Å². The lowest BCUT2D eigenvalue weighted by atomic mass is 10.1. The van der Waals surface area contributed by atoms with Crippen LogP contribution in [0.2, 0.25) is 0 Å². The molecule has 0 radical (unpaired) electrons. The van der Waals surface area contributed by atoms with E-state index in [1.165, 1.54) is 5.56 Å². The van der Waals surface area contributed by atoms with Gasteiger partial charge in [-0.3, -0.25) is 14.5 Å². The Morgan fingerprint density at radius 1 is 1.09 bits per heavy atom. The fourth-order valence-corrected chi connectivity index (χ4v) is 3.51. The highest BCUT2D eigenvalue weighted by molar-refractivity contribution is 7.99. The van der Waals surface area contributed by atoms with Crippen LogP contribution in [-0.2, 0) is 13.2 Å². The van der Waals surface area contributed by atoms with Gasteiger partial charge in [-0.15, -0.1) is 10.2 Å². The molecule has 23 heavy (non-hydrogen) atoms. The van der Waals surface area contributed by atoms with E-state index in [2.05, 4.69) is 61.9 Å². The van der Waals surface area contributed by atoms with Crippen molar-refractivity contribution in [3.05, 3.63) is 59.9 Å². The minimum absolute atomic E-state index is 0.787. The number of hydrogen-bond acceptors (Lipinski definition) is 5. The second-order valence-electron chi connectivity index (χ2n) is 5.67. The van der Waals surface area contributed by atoms with Gasteiger partial charge >= 0.3 is 0 Å². The van der Waals surface area contributed by atoms with Gasteiger partial charge in [0.25, 0.3) is 0 Å². The number of nitrogens with zero attached hydrogens (tertiary/aromatic N) is 5. The lowest BCUT2D eigenvalue weighted by molar-refractivity contribution is 0.229. The van der Waals surface area contributed by atoms with Gasteiger partial charge in [0.05, 0.1) is 18.2 Å². The molecule has 0 N–H and O–H groups in total. The second-order valence-corrected chi connectivity index (χ2v) is 6.58. The monoisotopic (exact) mass is 323 g/mol. The minimum Gasteiger partial charge on any atom is -0.288 e. The van der Waals surface area contributed by atoms with Crippen molar-refractivity contribution in [3.8, 4) is 11.4 Å². The number of hydrogen-bond donors (Lipinski definition) is 0. The maximum absolute atomic E-state index is 4.42. The Bertz CT molecular complexity index is 798. The van der Waals surface area contributed by atoms with Crippen LogP contribution >= 0.6 is 11.8 Å². The highest BCUT2D eigenvalue weighted by Crippen LogP contribution is 2.29. The van der Waals surface area contributed by atoms with E-state index in [0.29, 0.717) is 0 Å². The molecule has 0 aliphatic carbocycles. The average Bonchev–Trinajstić information content (AvgIpc) is 3.00. The summed E-state index contributed by atoms with van der Waals surface area (Å²) in [5.74, 6) is 1.83. The van der Waals surface area contributed by atoms with Gasteiger partial charge in [-0.2, -0.15) is 0 Å². The highest BCUT2D eigenvalue weighted by Gasteiger charge is 2.22. The van der Waals surface area contributed by atoms with Gasteiger partial charge in [0.2, 0.25) is 0 Å². The summed E-state index contributed by atoms with van der Waals surface area (Å²) >= 11 is 1.72. The van der Waals surface area contributed by atoms with Gasteiger partial charge in [-0.25, -0.2) is 0 Å². The Balaban J connectivity index is 1.59. The molecule has 116 valence electrons. The summed E-state index contributed by atoms with van der Waals surface area (Å²) in [5.41, 5.74) is 3.44. The van der Waals surface area contributed by atoms with Gasteiger partial charge in [-0.1, -0.05) is 47.7 Å². The lowest BCUT2D eigenvalue weighted by Gasteiger charge is -2.27. The van der Waals surface area contributed by atoms with Crippen LogP contribution < -0.4 is 0 Å². The van der Waals surface area contributed by atoms with Gasteiger partial charge in [0.15, 0.2) is 11.0 Å². The largest absolute Gasteiger partial charge is 0.288 e. The maximum atomic E-state index is 4.42. The number of thioether (sulfide) groups is 1. The molecule has 1 aromatic carbocycles. The molecule has 4 rings (SSSR count). The van der Waals surface area contributed by atoms with Gasteiger partial charge in [0, 0.05) is 18.3 Å². The number of fused-ring (bicyclic) bond motifs is 1. The molecule has 0 saturated carbocycles. The summed E-state index contributed by atoms with van der Waals surface area (Å²) in [6.07, 6.45) is 1.84. The molecule has 0 saturated heterocycles. The van der Waals surface area contributed by atoms with Crippen LogP contribution in [-0.4, -0.2) is 30.5 Å². The van der Waals surface area contributed by atoms with Crippen molar-refractivity contribution in [3.63, 3.8) is 0 Å². The molecule has 0 fully saturated rings. The SMILES string of the molecule is Cc1ccc(-c2nnc3n2CN(Cc2ccccn2)CS3)cc1. The van der Waals surface area contributed by atoms with E-state index in [9.17, 15) is 0 Å². The number of aromatic nitrogens is 4. The van der Waals surface area contributed by atoms with E-state index < -0.39 is 0 Å². The number of rotatable bonds is 3. The first kappa shape index (κ1) is 14.4. The van der Waals surface area contributed by atoms with Crippen molar-refractivity contribution in [2.24, 2.45) is 0 Å². The molecule has 2 aromatic heterocycles. The average molecular weight is 323 g/mol. The van der Waals surface area contributed by atoms with Gasteiger partial charge in [0.1, 0.15) is 0 Å². The summed E-state index contributed by atoms with van der Waals surface area (Å²) in [6, 6.07) is 14.5. The van der Waals surface area contributed by atoms with Crippen molar-refractivity contribution in [1.82, 2.24) is 24.6 Å². The van der Waals surface area contributed by atoms with E-state index >= 15 is 0 Å². The topological polar surface area (TPSA) is 46.8 Å². The smallest absolute Gasteiger partial charge is 0.193 e. The second kappa shape index (κ2) is 6.14. The number of pyridine rings is 1. The molecule has 1 aliphatic heterocycles. The predicted octanol–water partition coefficient (Wildman–Crippen LogP) is 3.17. The summed E-state index contributed by atoms with van der Waals surface area (Å²) in [5, 5.41) is 9.70. The fourth-order valence-electron chi connectivity index (χ4n) is 2.65. The van der Waals surface area contributed by atoms with Crippen LogP contribution in [0.4, 0.5) is 0 Å². The molecular weight excluding hydrogens is 306 g/mol. The zero-order valence-corrected chi connectivity index (χ0v) is 13.7. The van der Waals surface area contributed by atoms with Gasteiger partial charge < -0.3 is 0 Å². The Morgan fingerprint density at radius 2 is 1.96 bits per heavy atom. The number of benzene rings is 1. The van der Waals surface area contributed by atoms with E-state index in [0.717, 1.165) is 41.3 Å². The first-order valence-corrected chi connectivity index (χ1v) is 8.53. The molecule has 0 atom stereocenters. The van der Waals surface area contributed by atoms with E-state index in [1.807, 2.05) is 18.3 Å². The van der Waals surface area contributed by atoms with Gasteiger partial charge in [-0.05, 0) is 19.1 Å². The van der Waals surface area contributed by atoms with Crippen LogP contribution in [0.1, 0.15) is 11.3 Å². The molecule has 0 spiro atoms. The Hall–Kier alpha value is -2.18. The van der Waals surface area contributed by atoms with Crippen LogP contribution in [0.15, 0.2) is 53.8 Å². The molecule has 3 heterocycles. The molecular formula is C17H17N5S. The summed E-state index contributed by atoms with van der Waals surface area (Å²) in [4.78, 5) is 6.76. The summed E-state index contributed by atoms with van der Waals surface area (Å²) in [7, 11) is 0. The predicted molar refractivity (Wildman–Crippen MR) is 90.7 cm³/mol.